The van der Waals surface area contributed by atoms with Crippen LogP contribution in [0.4, 0.5) is 16.3 Å². The number of benzene rings is 1. The van der Waals surface area contributed by atoms with Crippen LogP contribution in [0.25, 0.3) is 11.4 Å². The molecule has 0 bridgehead atoms. The first-order chi connectivity index (χ1) is 16.2. The van der Waals surface area contributed by atoms with E-state index in [9.17, 15) is 13.2 Å². The largest absolute Gasteiger partial charge is 0.383 e. The van der Waals surface area contributed by atoms with E-state index in [1.165, 1.54) is 0 Å². The molecular weight excluding hydrogens is 458 g/mol. The van der Waals surface area contributed by atoms with E-state index in [1.807, 2.05) is 6.92 Å². The van der Waals surface area contributed by atoms with Crippen LogP contribution in [0.2, 0.25) is 0 Å². The molecule has 1 fully saturated rings. The van der Waals surface area contributed by atoms with Gasteiger partial charge in [-0.3, -0.25) is 0 Å². The van der Waals surface area contributed by atoms with Crippen molar-refractivity contribution in [3.05, 3.63) is 36.0 Å². The normalized spacial score (nSPS) is 16.5. The van der Waals surface area contributed by atoms with Gasteiger partial charge in [-0.05, 0) is 45.0 Å². The van der Waals surface area contributed by atoms with E-state index in [2.05, 4.69) is 20.5 Å². The number of aromatic nitrogens is 2. The highest BCUT2D eigenvalue weighted by Crippen LogP contribution is 2.25. The second-order valence-electron chi connectivity index (χ2n) is 8.47. The van der Waals surface area contributed by atoms with Crippen LogP contribution in [0.3, 0.4) is 0 Å². The zero-order valence-corrected chi connectivity index (χ0v) is 20.9. The van der Waals surface area contributed by atoms with Crippen LogP contribution in [-0.4, -0.2) is 75.7 Å². The molecule has 0 unspecified atom stereocenters. The molecule has 10 nitrogen and oxygen atoms in total. The summed E-state index contributed by atoms with van der Waals surface area (Å²) in [6, 6.07) is 8.64. The number of nitrogens with one attached hydrogen (secondary N) is 2. The highest BCUT2D eigenvalue weighted by molar-refractivity contribution is 7.91. The van der Waals surface area contributed by atoms with Crippen LogP contribution in [0.1, 0.15) is 26.5 Å². The molecular formula is C23H33N5O5S. The van der Waals surface area contributed by atoms with Crippen LogP contribution in [-0.2, 0) is 25.1 Å². The Kier molecular flexibility index (Phi) is 8.81. The first kappa shape index (κ1) is 25.9. The van der Waals surface area contributed by atoms with E-state index in [0.29, 0.717) is 55.9 Å². The number of urea groups is 1. The van der Waals surface area contributed by atoms with Crippen LogP contribution >= 0.6 is 0 Å². The number of ether oxygens (including phenoxy) is 2. The zero-order valence-electron chi connectivity index (χ0n) is 20.1. The number of carbonyl (C=O) groups excluding carboxylic acids is 1. The summed E-state index contributed by atoms with van der Waals surface area (Å²) in [5.41, 5.74) is 1.78. The highest BCUT2D eigenvalue weighted by Gasteiger charge is 2.24. The molecule has 1 atom stereocenters. The number of methoxy groups -OCH3 is 1. The Morgan fingerprint density at radius 2 is 2.00 bits per heavy atom. The van der Waals surface area contributed by atoms with Gasteiger partial charge in [0.15, 0.2) is 15.7 Å². The number of amides is 2. The van der Waals surface area contributed by atoms with Gasteiger partial charge < -0.3 is 25.0 Å². The molecule has 2 heterocycles. The fraction of sp³-hybridized carbons (Fsp3) is 0.522. The van der Waals surface area contributed by atoms with E-state index < -0.39 is 15.1 Å². The third-order valence-electron chi connectivity index (χ3n) is 5.49. The fourth-order valence-electron chi connectivity index (χ4n) is 3.42. The van der Waals surface area contributed by atoms with Crippen LogP contribution in [0, 0.1) is 0 Å². The average Bonchev–Trinajstić information content (AvgIpc) is 2.79. The minimum Gasteiger partial charge on any atom is -0.383 e. The second kappa shape index (κ2) is 11.6. The maximum atomic E-state index is 12.6. The molecule has 0 aliphatic carbocycles. The Morgan fingerprint density at radius 3 is 2.65 bits per heavy atom. The quantitative estimate of drug-likeness (QED) is 0.513. The van der Waals surface area contributed by atoms with Gasteiger partial charge in [-0.15, -0.1) is 0 Å². The zero-order chi connectivity index (χ0) is 24.7. The Hall–Kier alpha value is -2.76. The molecule has 3 rings (SSSR count). The lowest BCUT2D eigenvalue weighted by Gasteiger charge is -2.34. The molecule has 2 aromatic rings. The summed E-state index contributed by atoms with van der Waals surface area (Å²) < 4.78 is 35.6. The lowest BCUT2D eigenvalue weighted by atomic mass is 10.2. The first-order valence-corrected chi connectivity index (χ1v) is 13.0. The SMILES string of the molecule is COCCNC(=O)Nc1ccc(-c2nc(CS(=O)(=O)C(C)C)cc(N3CCOC[C@@H]3C)n2)cc1. The van der Waals surface area contributed by atoms with Gasteiger partial charge in [0.05, 0.1) is 42.6 Å². The number of rotatable bonds is 9. The predicted molar refractivity (Wildman–Crippen MR) is 132 cm³/mol. The molecule has 1 aliphatic heterocycles. The highest BCUT2D eigenvalue weighted by atomic mass is 32.2. The van der Waals surface area contributed by atoms with Gasteiger partial charge >= 0.3 is 6.03 Å². The van der Waals surface area contributed by atoms with Crippen LogP contribution < -0.4 is 15.5 Å². The van der Waals surface area contributed by atoms with E-state index >= 15 is 0 Å². The summed E-state index contributed by atoms with van der Waals surface area (Å²) in [5.74, 6) is 0.948. The number of nitrogens with zero attached hydrogens (tertiary/aromatic N) is 3. The lowest BCUT2D eigenvalue weighted by Crippen LogP contribution is -2.44. The molecule has 0 radical (unpaired) electrons. The topological polar surface area (TPSA) is 123 Å². The van der Waals surface area contributed by atoms with Gasteiger partial charge in [-0.2, -0.15) is 0 Å². The molecule has 11 heteroatoms. The Labute approximate surface area is 201 Å². The van der Waals surface area contributed by atoms with Gasteiger partial charge in [0, 0.05) is 37.5 Å². The van der Waals surface area contributed by atoms with Gasteiger partial charge in [-0.1, -0.05) is 0 Å². The Balaban J connectivity index is 1.88. The molecule has 186 valence electrons. The van der Waals surface area contributed by atoms with Gasteiger partial charge in [0.25, 0.3) is 0 Å². The third-order valence-corrected chi connectivity index (χ3v) is 7.62. The fourth-order valence-corrected chi connectivity index (χ4v) is 4.31. The Morgan fingerprint density at radius 1 is 1.26 bits per heavy atom. The van der Waals surface area contributed by atoms with E-state index in [1.54, 1.807) is 51.3 Å². The number of sulfone groups is 1. The predicted octanol–water partition coefficient (Wildman–Crippen LogP) is 2.46. The minimum atomic E-state index is -3.34. The molecule has 1 saturated heterocycles. The standard InChI is InChI=1S/C23H33N5O5S/c1-16(2)34(30,31)15-20-13-21(28-10-12-33-14-17(28)3)27-22(25-20)18-5-7-19(8-6-18)26-23(29)24-9-11-32-4/h5-8,13,16-17H,9-12,14-15H2,1-4H3,(H2,24,26,29)/t17-/m0/s1. The maximum absolute atomic E-state index is 12.6. The summed E-state index contributed by atoms with van der Waals surface area (Å²) in [6.45, 7) is 8.03. The summed E-state index contributed by atoms with van der Waals surface area (Å²) in [6.07, 6.45) is 0. The summed E-state index contributed by atoms with van der Waals surface area (Å²) in [5, 5.41) is 4.94. The number of carbonyl (C=O) groups is 1. The van der Waals surface area contributed by atoms with Crippen molar-refractivity contribution in [2.45, 2.75) is 37.8 Å². The van der Waals surface area contributed by atoms with Gasteiger partial charge in [-0.25, -0.2) is 23.2 Å². The smallest absolute Gasteiger partial charge is 0.319 e. The van der Waals surface area contributed by atoms with E-state index in [-0.39, 0.29) is 17.8 Å². The molecule has 0 spiro atoms. The van der Waals surface area contributed by atoms with Crippen molar-refractivity contribution in [3.8, 4) is 11.4 Å². The van der Waals surface area contributed by atoms with Crippen molar-refractivity contribution < 1.29 is 22.7 Å². The van der Waals surface area contributed by atoms with E-state index in [0.717, 1.165) is 5.56 Å². The second-order valence-corrected chi connectivity index (χ2v) is 11.0. The van der Waals surface area contributed by atoms with Crippen molar-refractivity contribution in [2.24, 2.45) is 0 Å². The minimum absolute atomic E-state index is 0.106. The summed E-state index contributed by atoms with van der Waals surface area (Å²) in [4.78, 5) is 23.4. The van der Waals surface area contributed by atoms with Crippen LogP contribution in [0.5, 0.6) is 0 Å². The lowest BCUT2D eigenvalue weighted by molar-refractivity contribution is 0.0985. The van der Waals surface area contributed by atoms with Gasteiger partial charge in [0.1, 0.15) is 5.82 Å². The molecule has 1 aromatic carbocycles. The number of anilines is 2. The summed E-state index contributed by atoms with van der Waals surface area (Å²) in [7, 11) is -1.77. The molecule has 0 saturated carbocycles. The molecule has 1 aromatic heterocycles. The number of morpholine rings is 1. The molecule has 2 N–H and O–H groups in total. The van der Waals surface area contributed by atoms with Crippen molar-refractivity contribution in [1.82, 2.24) is 15.3 Å². The van der Waals surface area contributed by atoms with Crippen molar-refractivity contribution in [3.63, 3.8) is 0 Å². The molecule has 34 heavy (non-hydrogen) atoms. The molecule has 1 aliphatic rings. The van der Waals surface area contributed by atoms with E-state index in [4.69, 9.17) is 14.5 Å². The first-order valence-electron chi connectivity index (χ1n) is 11.3. The van der Waals surface area contributed by atoms with Crippen molar-refractivity contribution in [1.29, 1.82) is 0 Å². The number of hydrogen-bond acceptors (Lipinski definition) is 8. The average molecular weight is 492 g/mol. The van der Waals surface area contributed by atoms with Crippen molar-refractivity contribution in [2.75, 3.05) is 50.2 Å². The van der Waals surface area contributed by atoms with Gasteiger partial charge in [0.2, 0.25) is 0 Å². The Bertz CT molecular complexity index is 1080. The van der Waals surface area contributed by atoms with Crippen LogP contribution in [0.15, 0.2) is 30.3 Å². The third kappa shape index (κ3) is 6.87. The maximum Gasteiger partial charge on any atom is 0.319 e. The van der Waals surface area contributed by atoms with Crippen molar-refractivity contribution >= 4 is 27.4 Å². The molecule has 2 amide bonds. The monoisotopic (exact) mass is 491 g/mol. The summed E-state index contributed by atoms with van der Waals surface area (Å²) >= 11 is 0. The number of hydrogen-bond donors (Lipinski definition) is 2.